The van der Waals surface area contributed by atoms with Gasteiger partial charge < -0.3 is 0 Å². The van der Waals surface area contributed by atoms with Crippen LogP contribution in [0.2, 0.25) is 5.02 Å². The molecule has 37 heavy (non-hydrogen) atoms. The molecular formula is C28H20ClN3O3S2. The Labute approximate surface area is 223 Å². The first kappa shape index (κ1) is 24.7. The second kappa shape index (κ2) is 10.6. The van der Waals surface area contributed by atoms with Crippen molar-refractivity contribution in [2.24, 2.45) is 0 Å². The summed E-state index contributed by atoms with van der Waals surface area (Å²) in [6.07, 6.45) is 0. The van der Waals surface area contributed by atoms with Crippen molar-refractivity contribution in [2.45, 2.75) is 4.90 Å². The molecule has 9 heteroatoms. The topological polar surface area (TPSA) is 88.2 Å². The van der Waals surface area contributed by atoms with Crippen molar-refractivity contribution in [3.63, 3.8) is 0 Å². The van der Waals surface area contributed by atoms with Gasteiger partial charge in [0.2, 0.25) is 0 Å². The minimum atomic E-state index is -3.77. The highest BCUT2D eigenvalue weighted by molar-refractivity contribution is 7.92. The molecule has 2 N–H and O–H groups in total. The lowest BCUT2D eigenvalue weighted by Crippen LogP contribution is -2.14. The van der Waals surface area contributed by atoms with E-state index in [0.29, 0.717) is 21.4 Å². The Kier molecular flexibility index (Phi) is 7.05. The summed E-state index contributed by atoms with van der Waals surface area (Å²) >= 11 is 7.16. The summed E-state index contributed by atoms with van der Waals surface area (Å²) in [6, 6.07) is 30.2. The van der Waals surface area contributed by atoms with Crippen LogP contribution in [0.5, 0.6) is 0 Å². The summed E-state index contributed by atoms with van der Waals surface area (Å²) in [4.78, 5) is 17.3. The first-order valence-corrected chi connectivity index (χ1v) is 13.9. The number of benzene rings is 4. The number of hydrogen-bond donors (Lipinski definition) is 2. The van der Waals surface area contributed by atoms with Crippen molar-refractivity contribution in [3.05, 3.63) is 119 Å². The standard InChI is InChI=1S/C28H20ClN3O3S2/c29-23-12-16-25(17-13-23)37(34,35)32-24-14-10-22(11-15-24)27(33)31-28-30-26(18-36-28)21-8-6-20(7-9-21)19-4-2-1-3-5-19/h1-18,32H,(H,30,31,33). The zero-order valence-corrected chi connectivity index (χ0v) is 21.6. The first-order valence-electron chi connectivity index (χ1n) is 11.2. The number of anilines is 2. The average Bonchev–Trinajstić information content (AvgIpc) is 3.38. The van der Waals surface area contributed by atoms with Crippen molar-refractivity contribution in [3.8, 4) is 22.4 Å². The second-order valence-corrected chi connectivity index (χ2v) is 11.0. The molecule has 0 aliphatic heterocycles. The van der Waals surface area contributed by atoms with Crippen LogP contribution in [0.25, 0.3) is 22.4 Å². The fraction of sp³-hybridized carbons (Fsp3) is 0. The second-order valence-electron chi connectivity index (χ2n) is 8.07. The zero-order valence-electron chi connectivity index (χ0n) is 19.3. The van der Waals surface area contributed by atoms with E-state index < -0.39 is 10.0 Å². The number of nitrogens with zero attached hydrogens (tertiary/aromatic N) is 1. The summed E-state index contributed by atoms with van der Waals surface area (Å²) in [5, 5.41) is 5.61. The molecule has 1 amide bonds. The van der Waals surface area contributed by atoms with Crippen LogP contribution < -0.4 is 10.0 Å². The Morgan fingerprint density at radius 3 is 2.05 bits per heavy atom. The Bertz CT molecular complexity index is 1630. The zero-order chi connectivity index (χ0) is 25.8. The van der Waals surface area contributed by atoms with E-state index in [-0.39, 0.29) is 10.8 Å². The number of nitrogens with one attached hydrogen (secondary N) is 2. The number of hydrogen-bond acceptors (Lipinski definition) is 5. The number of amides is 1. The highest BCUT2D eigenvalue weighted by Gasteiger charge is 2.15. The summed E-state index contributed by atoms with van der Waals surface area (Å²) in [5.41, 5.74) is 4.69. The Morgan fingerprint density at radius 2 is 1.38 bits per heavy atom. The quantitative estimate of drug-likeness (QED) is 0.227. The smallest absolute Gasteiger partial charge is 0.261 e. The van der Waals surface area contributed by atoms with E-state index in [2.05, 4.69) is 27.2 Å². The van der Waals surface area contributed by atoms with Gasteiger partial charge in [0.15, 0.2) is 5.13 Å². The molecule has 184 valence electrons. The molecule has 1 heterocycles. The van der Waals surface area contributed by atoms with E-state index in [1.807, 2.05) is 47.8 Å². The van der Waals surface area contributed by atoms with Crippen molar-refractivity contribution in [2.75, 3.05) is 10.0 Å². The molecule has 0 aliphatic carbocycles. The predicted octanol–water partition coefficient (Wildman–Crippen LogP) is 7.18. The number of sulfonamides is 1. The van der Waals surface area contributed by atoms with Gasteiger partial charge in [0.05, 0.1) is 10.6 Å². The average molecular weight is 546 g/mol. The minimum absolute atomic E-state index is 0.0907. The van der Waals surface area contributed by atoms with Crippen LogP contribution in [0.4, 0.5) is 10.8 Å². The van der Waals surface area contributed by atoms with Gasteiger partial charge >= 0.3 is 0 Å². The number of carbonyl (C=O) groups excluding carboxylic acids is 1. The van der Waals surface area contributed by atoms with Crippen molar-refractivity contribution in [1.29, 1.82) is 0 Å². The molecule has 5 rings (SSSR count). The van der Waals surface area contributed by atoms with Crippen LogP contribution in [0.15, 0.2) is 113 Å². The Morgan fingerprint density at radius 1 is 0.757 bits per heavy atom. The Hall–Kier alpha value is -3.98. The van der Waals surface area contributed by atoms with E-state index in [9.17, 15) is 13.2 Å². The molecule has 5 aromatic rings. The van der Waals surface area contributed by atoms with Crippen molar-refractivity contribution in [1.82, 2.24) is 4.98 Å². The van der Waals surface area contributed by atoms with Gasteiger partial charge in [0, 0.05) is 27.2 Å². The third-order valence-electron chi connectivity index (χ3n) is 5.54. The van der Waals surface area contributed by atoms with Gasteiger partial charge in [-0.05, 0) is 59.7 Å². The fourth-order valence-corrected chi connectivity index (χ4v) is 5.51. The van der Waals surface area contributed by atoms with Crippen LogP contribution in [-0.2, 0) is 10.0 Å². The van der Waals surface area contributed by atoms with Crippen LogP contribution in [0.3, 0.4) is 0 Å². The molecule has 0 atom stereocenters. The third-order valence-corrected chi connectivity index (χ3v) is 7.94. The molecule has 1 aromatic heterocycles. The van der Waals surface area contributed by atoms with Crippen molar-refractivity contribution < 1.29 is 13.2 Å². The van der Waals surface area contributed by atoms with Crippen LogP contribution in [0, 0.1) is 0 Å². The number of rotatable bonds is 7. The SMILES string of the molecule is O=C(Nc1nc(-c2ccc(-c3ccccc3)cc2)cs1)c1ccc(NS(=O)(=O)c2ccc(Cl)cc2)cc1. The first-order chi connectivity index (χ1) is 17.9. The van der Waals surface area contributed by atoms with Crippen molar-refractivity contribution >= 4 is 49.7 Å². The lowest BCUT2D eigenvalue weighted by Gasteiger charge is -2.09. The van der Waals surface area contributed by atoms with E-state index in [1.54, 1.807) is 12.1 Å². The normalized spacial score (nSPS) is 11.2. The van der Waals surface area contributed by atoms with Gasteiger partial charge in [-0.2, -0.15) is 0 Å². The van der Waals surface area contributed by atoms with E-state index in [1.165, 1.54) is 47.7 Å². The summed E-state index contributed by atoms with van der Waals surface area (Å²) in [7, 11) is -3.77. The maximum atomic E-state index is 12.7. The maximum Gasteiger partial charge on any atom is 0.261 e. The lowest BCUT2D eigenvalue weighted by molar-refractivity contribution is 0.102. The van der Waals surface area contributed by atoms with E-state index in [0.717, 1.165) is 22.4 Å². The van der Waals surface area contributed by atoms with Gasteiger partial charge in [-0.1, -0.05) is 66.2 Å². The molecule has 0 fully saturated rings. The molecule has 0 bridgehead atoms. The fourth-order valence-electron chi connectivity index (χ4n) is 3.61. The molecular weight excluding hydrogens is 526 g/mol. The predicted molar refractivity (Wildman–Crippen MR) is 150 cm³/mol. The molecule has 0 unspecified atom stereocenters. The highest BCUT2D eigenvalue weighted by Crippen LogP contribution is 2.28. The molecule has 0 spiro atoms. The minimum Gasteiger partial charge on any atom is -0.298 e. The van der Waals surface area contributed by atoms with Gasteiger partial charge in [0.25, 0.3) is 15.9 Å². The van der Waals surface area contributed by atoms with Crippen LogP contribution in [-0.4, -0.2) is 19.3 Å². The highest BCUT2D eigenvalue weighted by atomic mass is 35.5. The number of carbonyl (C=O) groups is 1. The molecule has 0 radical (unpaired) electrons. The van der Waals surface area contributed by atoms with Gasteiger partial charge in [-0.25, -0.2) is 13.4 Å². The summed E-state index contributed by atoms with van der Waals surface area (Å²) in [6.45, 7) is 0. The van der Waals surface area contributed by atoms with E-state index >= 15 is 0 Å². The van der Waals surface area contributed by atoms with Crippen LogP contribution in [0.1, 0.15) is 10.4 Å². The lowest BCUT2D eigenvalue weighted by atomic mass is 10.0. The van der Waals surface area contributed by atoms with Gasteiger partial charge in [-0.15, -0.1) is 11.3 Å². The molecule has 0 aliphatic rings. The van der Waals surface area contributed by atoms with Gasteiger partial charge in [-0.3, -0.25) is 14.8 Å². The largest absolute Gasteiger partial charge is 0.298 e. The third kappa shape index (κ3) is 5.89. The molecule has 4 aromatic carbocycles. The molecule has 0 saturated heterocycles. The molecule has 0 saturated carbocycles. The molecule has 6 nitrogen and oxygen atoms in total. The van der Waals surface area contributed by atoms with Gasteiger partial charge in [0.1, 0.15) is 0 Å². The van der Waals surface area contributed by atoms with Crippen LogP contribution >= 0.6 is 22.9 Å². The Balaban J connectivity index is 1.23. The van der Waals surface area contributed by atoms with E-state index in [4.69, 9.17) is 11.6 Å². The number of aromatic nitrogens is 1. The summed E-state index contributed by atoms with van der Waals surface area (Å²) in [5.74, 6) is -0.340. The number of thiazole rings is 1. The number of halogens is 1. The monoisotopic (exact) mass is 545 g/mol. The maximum absolute atomic E-state index is 12.7. The summed E-state index contributed by atoms with van der Waals surface area (Å²) < 4.78 is 27.6.